The number of rotatable bonds is 2. The Balaban J connectivity index is 2.48. The van der Waals surface area contributed by atoms with Crippen LogP contribution in [0.3, 0.4) is 0 Å². The first-order chi connectivity index (χ1) is 6.15. The predicted octanol–water partition coefficient (Wildman–Crippen LogP) is 0.400. The molecule has 0 spiro atoms. The summed E-state index contributed by atoms with van der Waals surface area (Å²) in [5.74, 6) is -1.12. The van der Waals surface area contributed by atoms with Crippen molar-refractivity contribution in [1.82, 2.24) is 5.06 Å². The maximum absolute atomic E-state index is 10.9. The van der Waals surface area contributed by atoms with E-state index in [1.54, 1.807) is 0 Å². The Kier molecular flexibility index (Phi) is 3.07. The van der Waals surface area contributed by atoms with Crippen LogP contribution in [0.15, 0.2) is 0 Å². The summed E-state index contributed by atoms with van der Waals surface area (Å²) in [6, 6.07) is -0.394. The lowest BCUT2D eigenvalue weighted by molar-refractivity contribution is -0.176. The number of amides is 2. The molecule has 7 heteroatoms. The summed E-state index contributed by atoms with van der Waals surface area (Å²) in [4.78, 5) is 36.6. The minimum absolute atomic E-state index is 0.0486. The van der Waals surface area contributed by atoms with E-state index in [0.29, 0.717) is 5.06 Å². The smallest absolute Gasteiger partial charge is 0.416 e. The van der Waals surface area contributed by atoms with E-state index in [-0.39, 0.29) is 12.8 Å². The van der Waals surface area contributed by atoms with E-state index in [2.05, 4.69) is 9.57 Å². The van der Waals surface area contributed by atoms with Gasteiger partial charge in [-0.05, 0) is 0 Å². The molecule has 1 rings (SSSR count). The van der Waals surface area contributed by atoms with Gasteiger partial charge in [0.1, 0.15) is 0 Å². The van der Waals surface area contributed by atoms with Gasteiger partial charge in [-0.25, -0.2) is 4.79 Å². The summed E-state index contributed by atoms with van der Waals surface area (Å²) >= 11 is 5.04. The molecule has 0 atom stereocenters. The fourth-order valence-corrected chi connectivity index (χ4v) is 0.892. The van der Waals surface area contributed by atoms with Gasteiger partial charge in [-0.3, -0.25) is 14.4 Å². The van der Waals surface area contributed by atoms with Crippen LogP contribution in [0.1, 0.15) is 12.8 Å². The molecule has 0 aromatic rings. The lowest BCUT2D eigenvalue weighted by atomic mass is 10.4. The fraction of sp³-hybridized carbons (Fsp3) is 0.500. The minimum atomic E-state index is -1.17. The predicted molar refractivity (Wildman–Crippen MR) is 39.4 cm³/mol. The molecule has 1 aliphatic heterocycles. The second-order valence-corrected chi connectivity index (χ2v) is 2.39. The number of carbonyl (C=O) groups is 3. The SMILES string of the molecule is O=C(OCCl)ON1C(=O)CCC1=O. The van der Waals surface area contributed by atoms with Crippen LogP contribution in [0.4, 0.5) is 4.79 Å². The molecule has 0 aliphatic carbocycles. The van der Waals surface area contributed by atoms with Crippen molar-refractivity contribution in [2.75, 3.05) is 6.07 Å². The van der Waals surface area contributed by atoms with Crippen LogP contribution in [0.5, 0.6) is 0 Å². The molecular weight excluding hydrogens is 202 g/mol. The van der Waals surface area contributed by atoms with Crippen molar-refractivity contribution >= 4 is 29.6 Å². The van der Waals surface area contributed by atoms with Crippen molar-refractivity contribution in [3.63, 3.8) is 0 Å². The molecule has 1 saturated heterocycles. The average Bonchev–Trinajstić information content (AvgIpc) is 2.36. The van der Waals surface area contributed by atoms with E-state index in [4.69, 9.17) is 11.6 Å². The summed E-state index contributed by atoms with van der Waals surface area (Å²) in [6.07, 6.45) is -1.07. The highest BCUT2D eigenvalue weighted by Gasteiger charge is 2.33. The molecule has 0 aromatic heterocycles. The molecule has 0 radical (unpaired) electrons. The van der Waals surface area contributed by atoms with Gasteiger partial charge in [-0.1, -0.05) is 16.7 Å². The largest absolute Gasteiger partial charge is 0.535 e. The fourth-order valence-electron chi connectivity index (χ4n) is 0.803. The molecule has 0 unspecified atom stereocenters. The number of imide groups is 1. The summed E-state index contributed by atoms with van der Waals surface area (Å²) < 4.78 is 4.16. The standard InChI is InChI=1S/C6H6ClNO5/c7-3-12-6(11)13-8-4(9)1-2-5(8)10/h1-3H2. The first kappa shape index (κ1) is 9.79. The number of hydrogen-bond acceptors (Lipinski definition) is 5. The Morgan fingerprint density at radius 2 is 1.92 bits per heavy atom. The third kappa shape index (κ3) is 2.32. The Morgan fingerprint density at radius 3 is 2.38 bits per heavy atom. The van der Waals surface area contributed by atoms with Gasteiger partial charge in [0.15, 0.2) is 6.07 Å². The Labute approximate surface area is 78.3 Å². The highest BCUT2D eigenvalue weighted by molar-refractivity contribution is 6.17. The molecule has 0 bridgehead atoms. The van der Waals surface area contributed by atoms with Crippen LogP contribution in [0, 0.1) is 0 Å². The van der Waals surface area contributed by atoms with Gasteiger partial charge >= 0.3 is 6.16 Å². The number of nitrogens with zero attached hydrogens (tertiary/aromatic N) is 1. The normalized spacial score (nSPS) is 16.2. The van der Waals surface area contributed by atoms with Gasteiger partial charge in [0, 0.05) is 12.8 Å². The lowest BCUT2D eigenvalue weighted by Gasteiger charge is -2.10. The van der Waals surface area contributed by atoms with Gasteiger partial charge in [0.05, 0.1) is 0 Å². The maximum atomic E-state index is 10.9. The molecule has 1 aliphatic rings. The topological polar surface area (TPSA) is 72.9 Å². The summed E-state index contributed by atoms with van der Waals surface area (Å²) in [5.41, 5.74) is 0. The van der Waals surface area contributed by atoms with Crippen LogP contribution in [-0.2, 0) is 19.2 Å². The molecule has 1 fully saturated rings. The van der Waals surface area contributed by atoms with E-state index in [0.717, 1.165) is 0 Å². The van der Waals surface area contributed by atoms with E-state index in [1.165, 1.54) is 0 Å². The van der Waals surface area contributed by atoms with Gasteiger partial charge in [-0.2, -0.15) is 0 Å². The zero-order valence-corrected chi connectivity index (χ0v) is 7.24. The lowest BCUT2D eigenvalue weighted by Crippen LogP contribution is -2.32. The summed E-state index contributed by atoms with van der Waals surface area (Å²) in [6.45, 7) is 0. The summed E-state index contributed by atoms with van der Waals surface area (Å²) in [5, 5.41) is 0.384. The molecular formula is C6H6ClNO5. The first-order valence-electron chi connectivity index (χ1n) is 3.41. The molecule has 0 aromatic carbocycles. The number of halogens is 1. The number of ether oxygens (including phenoxy) is 1. The minimum Gasteiger partial charge on any atom is -0.416 e. The number of hydrogen-bond donors (Lipinski definition) is 0. The molecule has 0 saturated carbocycles. The van der Waals surface area contributed by atoms with Gasteiger partial charge in [0.25, 0.3) is 11.8 Å². The number of hydroxylamine groups is 2. The van der Waals surface area contributed by atoms with E-state index < -0.39 is 24.0 Å². The molecule has 72 valence electrons. The van der Waals surface area contributed by atoms with E-state index in [9.17, 15) is 14.4 Å². The monoisotopic (exact) mass is 207 g/mol. The van der Waals surface area contributed by atoms with Crippen LogP contribution in [0.25, 0.3) is 0 Å². The highest BCUT2D eigenvalue weighted by Crippen LogP contribution is 2.12. The van der Waals surface area contributed by atoms with Gasteiger partial charge in [0.2, 0.25) is 0 Å². The van der Waals surface area contributed by atoms with Crippen molar-refractivity contribution in [2.24, 2.45) is 0 Å². The second-order valence-electron chi connectivity index (χ2n) is 2.18. The Morgan fingerprint density at radius 1 is 1.38 bits per heavy atom. The second kappa shape index (κ2) is 4.08. The summed E-state index contributed by atoms with van der Waals surface area (Å²) in [7, 11) is 0. The molecule has 6 nitrogen and oxygen atoms in total. The maximum Gasteiger partial charge on any atom is 0.535 e. The molecule has 0 N–H and O–H groups in total. The Hall–Kier alpha value is -1.30. The number of alkyl halides is 1. The molecule has 1 heterocycles. The highest BCUT2D eigenvalue weighted by atomic mass is 35.5. The third-order valence-corrected chi connectivity index (χ3v) is 1.45. The van der Waals surface area contributed by atoms with Gasteiger partial charge < -0.3 is 4.74 Å². The third-order valence-electron chi connectivity index (χ3n) is 1.34. The molecule has 13 heavy (non-hydrogen) atoms. The molecule has 2 amide bonds. The van der Waals surface area contributed by atoms with E-state index >= 15 is 0 Å². The van der Waals surface area contributed by atoms with Crippen molar-refractivity contribution in [1.29, 1.82) is 0 Å². The van der Waals surface area contributed by atoms with Gasteiger partial charge in [-0.15, -0.1) is 0 Å². The first-order valence-corrected chi connectivity index (χ1v) is 3.95. The van der Waals surface area contributed by atoms with Crippen molar-refractivity contribution < 1.29 is 24.0 Å². The number of carbonyl (C=O) groups excluding carboxylic acids is 3. The van der Waals surface area contributed by atoms with E-state index in [1.807, 2.05) is 0 Å². The van der Waals surface area contributed by atoms with Crippen molar-refractivity contribution in [3.05, 3.63) is 0 Å². The van der Waals surface area contributed by atoms with Crippen LogP contribution < -0.4 is 0 Å². The average molecular weight is 208 g/mol. The van der Waals surface area contributed by atoms with Crippen LogP contribution >= 0.6 is 11.6 Å². The zero-order valence-electron chi connectivity index (χ0n) is 6.49. The quantitative estimate of drug-likeness (QED) is 0.372. The van der Waals surface area contributed by atoms with Crippen molar-refractivity contribution in [2.45, 2.75) is 12.8 Å². The Bertz CT molecular complexity index is 237. The van der Waals surface area contributed by atoms with Crippen molar-refractivity contribution in [3.8, 4) is 0 Å². The zero-order chi connectivity index (χ0) is 9.84. The van der Waals surface area contributed by atoms with Crippen LogP contribution in [-0.4, -0.2) is 29.1 Å². The van der Waals surface area contributed by atoms with Crippen LogP contribution in [0.2, 0.25) is 0 Å².